The van der Waals surface area contributed by atoms with Crippen LogP contribution in [0, 0.1) is 6.73 Å². The Morgan fingerprint density at radius 2 is 2.11 bits per heavy atom. The lowest BCUT2D eigenvalue weighted by Crippen LogP contribution is -2.28. The van der Waals surface area contributed by atoms with Crippen LogP contribution >= 0.6 is 0 Å². The van der Waals surface area contributed by atoms with Crippen LogP contribution in [0.1, 0.15) is 0 Å². The lowest BCUT2D eigenvalue weighted by Gasteiger charge is -2.13. The van der Waals surface area contributed by atoms with Crippen LogP contribution in [-0.4, -0.2) is 11.2 Å². The van der Waals surface area contributed by atoms with Crippen molar-refractivity contribution in [2.75, 3.05) is 0 Å². The summed E-state index contributed by atoms with van der Waals surface area (Å²) >= 11 is 0. The second-order valence-electron chi connectivity index (χ2n) is 1.33. The van der Waals surface area contributed by atoms with Gasteiger partial charge in [0.25, 0.3) is 0 Å². The average molecular weight is 137 g/mol. The van der Waals surface area contributed by atoms with Crippen molar-refractivity contribution in [3.8, 4) is 0 Å². The summed E-state index contributed by atoms with van der Waals surface area (Å²) in [6.45, 7) is 1.59. The van der Waals surface area contributed by atoms with Gasteiger partial charge >= 0.3 is 13.0 Å². The highest BCUT2D eigenvalue weighted by molar-refractivity contribution is 4.86. The first-order valence-corrected chi connectivity index (χ1v) is 2.05. The lowest BCUT2D eigenvalue weighted by atomic mass is 10.8. The second kappa shape index (κ2) is 1.82. The first kappa shape index (κ1) is 6.25. The molecule has 1 aliphatic heterocycles. The van der Waals surface area contributed by atoms with Crippen molar-refractivity contribution in [2.24, 2.45) is 0 Å². The van der Waals surface area contributed by atoms with Crippen molar-refractivity contribution in [1.82, 2.24) is 4.90 Å². The highest BCUT2D eigenvalue weighted by atomic mass is 19.4. The van der Waals surface area contributed by atoms with E-state index in [2.05, 4.69) is 4.74 Å². The summed E-state index contributed by atoms with van der Waals surface area (Å²) in [7, 11) is 0. The molecule has 2 radical (unpaired) electrons. The Labute approximate surface area is 49.5 Å². The number of hydrogen-bond acceptors (Lipinski definition) is 2. The van der Waals surface area contributed by atoms with Crippen LogP contribution < -0.4 is 0 Å². The number of halogens is 3. The third kappa shape index (κ3) is 1.28. The maximum Gasteiger partial charge on any atom is 0.488 e. The van der Waals surface area contributed by atoms with Gasteiger partial charge in [0.1, 0.15) is 6.26 Å². The molecule has 0 aromatic rings. The lowest BCUT2D eigenvalue weighted by molar-refractivity contribution is -0.222. The van der Waals surface area contributed by atoms with Crippen LogP contribution in [0.3, 0.4) is 0 Å². The van der Waals surface area contributed by atoms with E-state index in [1.54, 1.807) is 6.73 Å². The molecule has 0 saturated carbocycles. The summed E-state index contributed by atoms with van der Waals surface area (Å²) in [5.41, 5.74) is 0. The highest BCUT2D eigenvalue weighted by Crippen LogP contribution is 2.25. The average Bonchev–Trinajstić information content (AvgIpc) is 2.08. The summed E-state index contributed by atoms with van der Waals surface area (Å²) in [5, 5.41) is 0. The summed E-state index contributed by atoms with van der Waals surface area (Å²) in [6, 6.07) is 0. The maximum absolute atomic E-state index is 11.5. The maximum atomic E-state index is 11.5. The van der Waals surface area contributed by atoms with Gasteiger partial charge in [-0.2, -0.15) is 0 Å². The number of alkyl halides is 3. The Morgan fingerprint density at radius 1 is 1.44 bits per heavy atom. The van der Waals surface area contributed by atoms with E-state index in [0.717, 1.165) is 12.5 Å². The summed E-state index contributed by atoms with van der Waals surface area (Å²) in [6.07, 6.45) is -2.78. The zero-order valence-corrected chi connectivity index (χ0v) is 4.14. The van der Waals surface area contributed by atoms with Crippen LogP contribution in [0.4, 0.5) is 13.2 Å². The van der Waals surface area contributed by atoms with Crippen molar-refractivity contribution in [3.63, 3.8) is 0 Å². The van der Waals surface area contributed by atoms with E-state index < -0.39 is 6.30 Å². The molecule has 0 atom stereocenters. The monoisotopic (exact) mass is 137 g/mol. The first-order valence-electron chi connectivity index (χ1n) is 2.05. The van der Waals surface area contributed by atoms with E-state index in [1.807, 2.05) is 0 Å². The first-order chi connectivity index (χ1) is 4.11. The smallest absolute Gasteiger partial charge is 0.461 e. The minimum Gasteiger partial charge on any atom is -0.461 e. The molecule has 0 aromatic carbocycles. The Kier molecular flexibility index (Phi) is 1.27. The van der Waals surface area contributed by atoms with Crippen molar-refractivity contribution in [2.45, 2.75) is 6.30 Å². The molecule has 0 aliphatic carbocycles. The zero-order chi connectivity index (χ0) is 6.91. The fourth-order valence-corrected chi connectivity index (χ4v) is 0.345. The van der Waals surface area contributed by atoms with E-state index in [1.165, 1.54) is 0 Å². The minimum atomic E-state index is -4.41. The molecule has 1 rings (SSSR count). The number of hydrogen-bond donors (Lipinski definition) is 0. The molecule has 0 spiro atoms. The Balaban J connectivity index is 2.53. The van der Waals surface area contributed by atoms with Gasteiger partial charge in [-0.05, 0) is 0 Å². The molecule has 0 fully saturated rings. The summed E-state index contributed by atoms with van der Waals surface area (Å²) in [4.78, 5) is -0.104. The van der Waals surface area contributed by atoms with Crippen LogP contribution in [0.5, 0.6) is 0 Å². The molecule has 5 heteroatoms. The molecule has 9 heavy (non-hydrogen) atoms. The van der Waals surface area contributed by atoms with Gasteiger partial charge in [0.05, 0.1) is 0 Å². The zero-order valence-electron chi connectivity index (χ0n) is 4.14. The molecule has 1 heterocycles. The van der Waals surface area contributed by atoms with Gasteiger partial charge in [-0.1, -0.05) is 0 Å². The third-order valence-corrected chi connectivity index (χ3v) is 0.702. The Hall–Kier alpha value is -0.870. The van der Waals surface area contributed by atoms with Crippen molar-refractivity contribution >= 4 is 0 Å². The van der Waals surface area contributed by atoms with Gasteiger partial charge in [0.2, 0.25) is 0 Å². The largest absolute Gasteiger partial charge is 0.488 e. The van der Waals surface area contributed by atoms with Gasteiger partial charge in [-0.25, -0.2) is 4.90 Å². The molecule has 0 N–H and O–H groups in total. The van der Waals surface area contributed by atoms with Gasteiger partial charge in [-0.3, -0.25) is 0 Å². The molecule has 0 bridgehead atoms. The third-order valence-electron chi connectivity index (χ3n) is 0.702. The van der Waals surface area contributed by atoms with E-state index in [9.17, 15) is 13.2 Å². The molecule has 50 valence electrons. The summed E-state index contributed by atoms with van der Waals surface area (Å²) in [5.74, 6) is 0. The van der Waals surface area contributed by atoms with Crippen molar-refractivity contribution in [3.05, 3.63) is 19.2 Å². The molecule has 1 aliphatic rings. The van der Waals surface area contributed by atoms with Gasteiger partial charge in [0, 0.05) is 6.20 Å². The molecule has 2 nitrogen and oxygen atoms in total. The number of ether oxygens (including phenoxy) is 1. The fourth-order valence-electron chi connectivity index (χ4n) is 0.345. The predicted molar refractivity (Wildman–Crippen MR) is 21.4 cm³/mol. The van der Waals surface area contributed by atoms with E-state index in [-0.39, 0.29) is 4.90 Å². The SMILES string of the molecule is FC(F)(F)N1[C]OC=C1. The molecule has 0 amide bonds. The Bertz CT molecular complexity index is 130. The Morgan fingerprint density at radius 3 is 2.33 bits per heavy atom. The fraction of sp³-hybridized carbons (Fsp3) is 0.250. The van der Waals surface area contributed by atoms with E-state index in [4.69, 9.17) is 0 Å². The van der Waals surface area contributed by atoms with Gasteiger partial charge < -0.3 is 4.74 Å². The van der Waals surface area contributed by atoms with E-state index in [0.29, 0.717) is 0 Å². The minimum absolute atomic E-state index is 0.104. The van der Waals surface area contributed by atoms with Crippen LogP contribution in [0.15, 0.2) is 12.5 Å². The predicted octanol–water partition coefficient (Wildman–Crippen LogP) is 1.31. The number of rotatable bonds is 0. The van der Waals surface area contributed by atoms with Gasteiger partial charge in [0.15, 0.2) is 0 Å². The molecular weight excluding hydrogens is 135 g/mol. The standard InChI is InChI=1S/C4H2F3NO/c5-4(6,7)8-1-2-9-3-8/h1-2H. The number of nitrogens with zero attached hydrogens (tertiary/aromatic N) is 1. The highest BCUT2D eigenvalue weighted by Gasteiger charge is 2.38. The normalized spacial score (nSPS) is 18.3. The molecule has 0 aromatic heterocycles. The quantitative estimate of drug-likeness (QED) is 0.466. The topological polar surface area (TPSA) is 12.5 Å². The van der Waals surface area contributed by atoms with Gasteiger partial charge in [-0.15, -0.1) is 13.2 Å². The summed E-state index contributed by atoms with van der Waals surface area (Å²) < 4.78 is 38.5. The molecule has 0 saturated heterocycles. The molecule has 0 unspecified atom stereocenters. The van der Waals surface area contributed by atoms with Crippen LogP contribution in [0.25, 0.3) is 0 Å². The molecular formula is C4H2F3NO. The van der Waals surface area contributed by atoms with E-state index >= 15 is 0 Å². The second-order valence-corrected chi connectivity index (χ2v) is 1.33. The van der Waals surface area contributed by atoms with Crippen LogP contribution in [0.2, 0.25) is 0 Å². The van der Waals surface area contributed by atoms with Crippen molar-refractivity contribution < 1.29 is 17.9 Å². The van der Waals surface area contributed by atoms with Crippen LogP contribution in [-0.2, 0) is 4.74 Å². The van der Waals surface area contributed by atoms with Crippen molar-refractivity contribution in [1.29, 1.82) is 0 Å².